The van der Waals surface area contributed by atoms with Crippen LogP contribution in [0.4, 0.5) is 0 Å². The van der Waals surface area contributed by atoms with Gasteiger partial charge in [0.1, 0.15) is 0 Å². The van der Waals surface area contributed by atoms with E-state index in [0.29, 0.717) is 0 Å². The van der Waals surface area contributed by atoms with Crippen molar-refractivity contribution in [1.29, 1.82) is 0 Å². The first-order valence-corrected chi connectivity index (χ1v) is 4.30. The van der Waals surface area contributed by atoms with Gasteiger partial charge in [-0.2, -0.15) is 0 Å². The van der Waals surface area contributed by atoms with Gasteiger partial charge < -0.3 is 10.6 Å². The van der Waals surface area contributed by atoms with Crippen molar-refractivity contribution in [2.24, 2.45) is 5.73 Å². The summed E-state index contributed by atoms with van der Waals surface area (Å²) in [6.07, 6.45) is 5.24. The predicted octanol–water partition coefficient (Wildman–Crippen LogP) is 0.573. The lowest BCUT2D eigenvalue weighted by atomic mass is 9.77. The Morgan fingerprint density at radius 2 is 1.90 bits per heavy atom. The zero-order chi connectivity index (χ0) is 7.03. The normalized spacial score (nSPS) is 30.9. The summed E-state index contributed by atoms with van der Waals surface area (Å²) in [6.45, 7) is 3.74. The topological polar surface area (TPSA) is 29.3 Å². The molecule has 0 aromatic rings. The fraction of sp³-hybridized carbons (Fsp3) is 1.00. The average molecular weight is 140 g/mol. The molecule has 1 aliphatic carbocycles. The van der Waals surface area contributed by atoms with E-state index in [0.717, 1.165) is 6.54 Å². The van der Waals surface area contributed by atoms with Crippen LogP contribution in [0.1, 0.15) is 25.7 Å². The second kappa shape index (κ2) is 2.21. The number of rotatable bonds is 2. The van der Waals surface area contributed by atoms with Crippen LogP contribution in [0.2, 0.25) is 0 Å². The van der Waals surface area contributed by atoms with Gasteiger partial charge in [-0.3, -0.25) is 0 Å². The van der Waals surface area contributed by atoms with E-state index in [1.54, 1.807) is 0 Å². The van der Waals surface area contributed by atoms with Gasteiger partial charge in [0.05, 0.1) is 0 Å². The van der Waals surface area contributed by atoms with Gasteiger partial charge in [0.15, 0.2) is 0 Å². The molecule has 1 saturated carbocycles. The maximum absolute atomic E-state index is 6.07. The van der Waals surface area contributed by atoms with Crippen LogP contribution in [0.15, 0.2) is 0 Å². The lowest BCUT2D eigenvalue weighted by molar-refractivity contribution is 0.0983. The Kier molecular flexibility index (Phi) is 1.46. The molecule has 0 aromatic heterocycles. The van der Waals surface area contributed by atoms with Crippen molar-refractivity contribution in [2.45, 2.75) is 31.2 Å². The van der Waals surface area contributed by atoms with E-state index < -0.39 is 0 Å². The van der Waals surface area contributed by atoms with Gasteiger partial charge in [-0.05, 0) is 38.8 Å². The van der Waals surface area contributed by atoms with E-state index in [-0.39, 0.29) is 5.54 Å². The number of likely N-dealkylation sites (tertiary alicyclic amines) is 1. The molecule has 2 rings (SSSR count). The second-order valence-corrected chi connectivity index (χ2v) is 3.85. The average Bonchev–Trinajstić information content (AvgIpc) is 1.74. The lowest BCUT2D eigenvalue weighted by Gasteiger charge is -2.44. The Labute approximate surface area is 62.4 Å². The smallest absolute Gasteiger partial charge is 0.0283 e. The molecule has 0 amide bonds. The first-order chi connectivity index (χ1) is 4.79. The summed E-state index contributed by atoms with van der Waals surface area (Å²) in [5.74, 6) is 0. The van der Waals surface area contributed by atoms with E-state index in [1.165, 1.54) is 38.8 Å². The first-order valence-electron chi connectivity index (χ1n) is 4.30. The third kappa shape index (κ3) is 1.06. The molecule has 0 aromatic carbocycles. The fourth-order valence-electron chi connectivity index (χ4n) is 1.77. The molecule has 2 N–H and O–H groups in total. The SMILES string of the molecule is NC1(CN2CCC2)CCC1. The molecular weight excluding hydrogens is 124 g/mol. The molecule has 58 valence electrons. The lowest BCUT2D eigenvalue weighted by Crippen LogP contribution is -2.57. The van der Waals surface area contributed by atoms with Gasteiger partial charge in [-0.15, -0.1) is 0 Å². The van der Waals surface area contributed by atoms with Crippen molar-refractivity contribution in [3.05, 3.63) is 0 Å². The zero-order valence-corrected chi connectivity index (χ0v) is 6.47. The summed E-state index contributed by atoms with van der Waals surface area (Å²) in [5, 5.41) is 0. The van der Waals surface area contributed by atoms with Gasteiger partial charge >= 0.3 is 0 Å². The van der Waals surface area contributed by atoms with Crippen molar-refractivity contribution < 1.29 is 0 Å². The molecule has 2 nitrogen and oxygen atoms in total. The number of hydrogen-bond donors (Lipinski definition) is 1. The maximum atomic E-state index is 6.07. The summed E-state index contributed by atoms with van der Waals surface area (Å²) in [6, 6.07) is 0. The highest BCUT2D eigenvalue weighted by Crippen LogP contribution is 2.30. The molecular formula is C8H16N2. The van der Waals surface area contributed by atoms with Gasteiger partial charge in [0, 0.05) is 12.1 Å². The van der Waals surface area contributed by atoms with Gasteiger partial charge in [-0.25, -0.2) is 0 Å². The summed E-state index contributed by atoms with van der Waals surface area (Å²) in [5.41, 5.74) is 6.29. The highest BCUT2D eigenvalue weighted by atomic mass is 15.2. The van der Waals surface area contributed by atoms with E-state index in [1.807, 2.05) is 0 Å². The largest absolute Gasteiger partial charge is 0.324 e. The van der Waals surface area contributed by atoms with Crippen LogP contribution in [0.3, 0.4) is 0 Å². The first kappa shape index (κ1) is 6.62. The van der Waals surface area contributed by atoms with E-state index in [4.69, 9.17) is 5.73 Å². The molecule has 10 heavy (non-hydrogen) atoms. The fourth-order valence-corrected chi connectivity index (χ4v) is 1.77. The van der Waals surface area contributed by atoms with Crippen molar-refractivity contribution in [3.63, 3.8) is 0 Å². The van der Waals surface area contributed by atoms with E-state index in [2.05, 4.69) is 4.90 Å². The Balaban J connectivity index is 1.77. The monoisotopic (exact) mass is 140 g/mol. The molecule has 0 spiro atoms. The minimum atomic E-state index is 0.223. The minimum Gasteiger partial charge on any atom is -0.324 e. The molecule has 0 atom stereocenters. The van der Waals surface area contributed by atoms with E-state index >= 15 is 0 Å². The zero-order valence-electron chi connectivity index (χ0n) is 6.47. The van der Waals surface area contributed by atoms with Crippen LogP contribution in [0, 0.1) is 0 Å². The van der Waals surface area contributed by atoms with Crippen LogP contribution >= 0.6 is 0 Å². The molecule has 0 radical (unpaired) electrons. The van der Waals surface area contributed by atoms with E-state index in [9.17, 15) is 0 Å². The predicted molar refractivity (Wildman–Crippen MR) is 41.8 cm³/mol. The quantitative estimate of drug-likeness (QED) is 0.607. The third-order valence-electron chi connectivity index (χ3n) is 2.84. The molecule has 0 unspecified atom stereocenters. The molecule has 2 heteroatoms. The van der Waals surface area contributed by atoms with Crippen molar-refractivity contribution in [1.82, 2.24) is 4.90 Å². The molecule has 1 saturated heterocycles. The summed E-state index contributed by atoms with van der Waals surface area (Å²) >= 11 is 0. The van der Waals surface area contributed by atoms with Crippen LogP contribution in [-0.2, 0) is 0 Å². The number of nitrogens with zero attached hydrogens (tertiary/aromatic N) is 1. The van der Waals surface area contributed by atoms with Gasteiger partial charge in [0.25, 0.3) is 0 Å². The molecule has 0 bridgehead atoms. The van der Waals surface area contributed by atoms with Gasteiger partial charge in [0.2, 0.25) is 0 Å². The molecule has 2 fully saturated rings. The van der Waals surface area contributed by atoms with Crippen LogP contribution in [-0.4, -0.2) is 30.1 Å². The summed E-state index contributed by atoms with van der Waals surface area (Å²) < 4.78 is 0. The summed E-state index contributed by atoms with van der Waals surface area (Å²) in [7, 11) is 0. The Morgan fingerprint density at radius 3 is 2.20 bits per heavy atom. The van der Waals surface area contributed by atoms with Crippen LogP contribution < -0.4 is 5.73 Å². The van der Waals surface area contributed by atoms with Crippen molar-refractivity contribution in [2.75, 3.05) is 19.6 Å². The van der Waals surface area contributed by atoms with Crippen molar-refractivity contribution in [3.8, 4) is 0 Å². The summed E-state index contributed by atoms with van der Waals surface area (Å²) in [4.78, 5) is 2.47. The highest BCUT2D eigenvalue weighted by molar-refractivity contribution is 4.96. The number of nitrogens with two attached hydrogens (primary N) is 1. The molecule has 1 aliphatic heterocycles. The number of hydrogen-bond acceptors (Lipinski definition) is 2. The molecule has 2 aliphatic rings. The maximum Gasteiger partial charge on any atom is 0.0283 e. The Hall–Kier alpha value is -0.0800. The van der Waals surface area contributed by atoms with Crippen LogP contribution in [0.5, 0.6) is 0 Å². The van der Waals surface area contributed by atoms with Gasteiger partial charge in [-0.1, -0.05) is 0 Å². The highest BCUT2D eigenvalue weighted by Gasteiger charge is 2.35. The molecule has 1 heterocycles. The van der Waals surface area contributed by atoms with Crippen LogP contribution in [0.25, 0.3) is 0 Å². The minimum absolute atomic E-state index is 0.223. The Morgan fingerprint density at radius 1 is 1.20 bits per heavy atom. The van der Waals surface area contributed by atoms with Crippen molar-refractivity contribution >= 4 is 0 Å². The standard InChI is InChI=1S/C8H16N2/c9-8(3-1-4-8)7-10-5-2-6-10/h1-7,9H2. The Bertz CT molecular complexity index is 125. The third-order valence-corrected chi connectivity index (χ3v) is 2.84. The second-order valence-electron chi connectivity index (χ2n) is 3.85.